The molecule has 1 amide bonds. The number of nitrogens with zero attached hydrogens (tertiary/aromatic N) is 3. The van der Waals surface area contributed by atoms with Gasteiger partial charge in [0.25, 0.3) is 17.7 Å². The number of rotatable bonds is 6. The molecule has 0 aliphatic heterocycles. The van der Waals surface area contributed by atoms with E-state index in [1.54, 1.807) is 26.2 Å². The summed E-state index contributed by atoms with van der Waals surface area (Å²) >= 11 is 0. The molecule has 0 fully saturated rings. The molecule has 3 aromatic rings. The number of aromatic hydroxyl groups is 1. The number of carbonyl (C=O) groups excluding carboxylic acids is 1. The summed E-state index contributed by atoms with van der Waals surface area (Å²) in [7, 11) is 4.40. The van der Waals surface area contributed by atoms with Crippen LogP contribution in [0.5, 0.6) is 34.8 Å². The first-order chi connectivity index (χ1) is 15.7. The van der Waals surface area contributed by atoms with Gasteiger partial charge in [0.1, 0.15) is 5.75 Å². The molecule has 33 heavy (non-hydrogen) atoms. The first-order valence-electron chi connectivity index (χ1n) is 9.50. The minimum atomic E-state index is -1.11. The van der Waals surface area contributed by atoms with Gasteiger partial charge in [-0.15, -0.1) is 0 Å². The third kappa shape index (κ3) is 4.77. The molecule has 0 saturated carbocycles. The standard InChI is InChI=1S/C23H19F2N3O5/c1-12-18(24)21(32-15-7-5-6-14(10-15)23(30)28(2)3)27-22(19(12)25)33-17-9-13(11-26)8-16(29)20(17)31-4/h5-10,29H,1-4H3. The van der Waals surface area contributed by atoms with Gasteiger partial charge in [0.15, 0.2) is 23.1 Å². The van der Waals surface area contributed by atoms with E-state index in [9.17, 15) is 18.7 Å². The van der Waals surface area contributed by atoms with E-state index >= 15 is 0 Å². The Balaban J connectivity index is 2.03. The van der Waals surface area contributed by atoms with Crippen molar-refractivity contribution in [2.24, 2.45) is 0 Å². The van der Waals surface area contributed by atoms with E-state index in [0.29, 0.717) is 5.56 Å². The van der Waals surface area contributed by atoms with Gasteiger partial charge in [-0.1, -0.05) is 6.07 Å². The lowest BCUT2D eigenvalue weighted by Gasteiger charge is -2.15. The van der Waals surface area contributed by atoms with Crippen LogP contribution in [-0.4, -0.2) is 42.1 Å². The van der Waals surface area contributed by atoms with E-state index in [4.69, 9.17) is 19.5 Å². The Labute approximate surface area is 188 Å². The predicted molar refractivity (Wildman–Crippen MR) is 113 cm³/mol. The maximum absolute atomic E-state index is 14.7. The lowest BCUT2D eigenvalue weighted by Crippen LogP contribution is -2.21. The van der Waals surface area contributed by atoms with E-state index in [1.807, 2.05) is 6.07 Å². The number of pyridine rings is 1. The van der Waals surface area contributed by atoms with E-state index in [1.165, 1.54) is 37.1 Å². The van der Waals surface area contributed by atoms with Gasteiger partial charge >= 0.3 is 0 Å². The number of aromatic nitrogens is 1. The lowest BCUT2D eigenvalue weighted by molar-refractivity contribution is 0.0827. The van der Waals surface area contributed by atoms with Crippen LogP contribution in [0.2, 0.25) is 0 Å². The van der Waals surface area contributed by atoms with Crippen molar-refractivity contribution in [3.05, 3.63) is 64.7 Å². The van der Waals surface area contributed by atoms with Gasteiger partial charge in [0.2, 0.25) is 5.75 Å². The summed E-state index contributed by atoms with van der Waals surface area (Å²) in [6.45, 7) is 1.17. The molecule has 2 aromatic carbocycles. The highest BCUT2D eigenvalue weighted by Crippen LogP contribution is 2.41. The number of phenols is 1. The number of carbonyl (C=O) groups is 1. The molecule has 0 bridgehead atoms. The number of benzene rings is 2. The van der Waals surface area contributed by atoms with Crippen molar-refractivity contribution in [2.45, 2.75) is 6.92 Å². The van der Waals surface area contributed by atoms with Crippen LogP contribution in [0.3, 0.4) is 0 Å². The lowest BCUT2D eigenvalue weighted by atomic mass is 10.2. The molecule has 0 aliphatic carbocycles. The summed E-state index contributed by atoms with van der Waals surface area (Å²) in [6.07, 6.45) is 0. The molecule has 10 heteroatoms. The Morgan fingerprint density at radius 3 is 2.39 bits per heavy atom. The van der Waals surface area contributed by atoms with Gasteiger partial charge < -0.3 is 24.2 Å². The van der Waals surface area contributed by atoms with Gasteiger partial charge in [0.05, 0.1) is 18.7 Å². The van der Waals surface area contributed by atoms with E-state index in [0.717, 1.165) is 6.07 Å². The predicted octanol–water partition coefficient (Wildman–Crippen LogP) is 4.54. The molecule has 0 saturated heterocycles. The molecule has 170 valence electrons. The van der Waals surface area contributed by atoms with E-state index < -0.39 is 34.7 Å². The topological polar surface area (TPSA) is 105 Å². The average Bonchev–Trinajstić information content (AvgIpc) is 2.80. The number of amides is 1. The van der Waals surface area contributed by atoms with Crippen LogP contribution in [0.4, 0.5) is 8.78 Å². The Morgan fingerprint density at radius 2 is 1.79 bits per heavy atom. The second-order valence-corrected chi connectivity index (χ2v) is 7.05. The molecule has 1 aromatic heterocycles. The largest absolute Gasteiger partial charge is 0.504 e. The monoisotopic (exact) mass is 455 g/mol. The summed E-state index contributed by atoms with van der Waals surface area (Å²) in [6, 6.07) is 10.1. The molecular weight excluding hydrogens is 436 g/mol. The number of hydrogen-bond acceptors (Lipinski definition) is 7. The Kier molecular flexibility index (Phi) is 6.63. The van der Waals surface area contributed by atoms with Gasteiger partial charge in [-0.05, 0) is 25.1 Å². The summed E-state index contributed by atoms with van der Waals surface area (Å²) < 4.78 is 45.4. The maximum atomic E-state index is 14.7. The minimum Gasteiger partial charge on any atom is -0.504 e. The van der Waals surface area contributed by atoms with Gasteiger partial charge in [-0.3, -0.25) is 4.79 Å². The van der Waals surface area contributed by atoms with Gasteiger partial charge in [-0.2, -0.15) is 10.2 Å². The number of ether oxygens (including phenoxy) is 3. The highest BCUT2D eigenvalue weighted by atomic mass is 19.1. The zero-order valence-electron chi connectivity index (χ0n) is 18.1. The van der Waals surface area contributed by atoms with Crippen LogP contribution in [-0.2, 0) is 0 Å². The van der Waals surface area contributed by atoms with Gasteiger partial charge in [-0.25, -0.2) is 8.78 Å². The van der Waals surface area contributed by atoms with Crippen molar-refractivity contribution < 1.29 is 32.9 Å². The first-order valence-corrected chi connectivity index (χ1v) is 9.50. The smallest absolute Gasteiger partial charge is 0.259 e. The number of nitriles is 1. The van der Waals surface area contributed by atoms with E-state index in [-0.39, 0.29) is 28.7 Å². The third-order valence-corrected chi connectivity index (χ3v) is 4.51. The number of halogens is 2. The fourth-order valence-corrected chi connectivity index (χ4v) is 2.84. The molecule has 0 atom stereocenters. The molecule has 1 heterocycles. The Morgan fingerprint density at radius 1 is 1.12 bits per heavy atom. The highest BCUT2D eigenvalue weighted by Gasteiger charge is 2.23. The van der Waals surface area contributed by atoms with Crippen molar-refractivity contribution >= 4 is 5.91 Å². The molecule has 0 unspecified atom stereocenters. The van der Waals surface area contributed by atoms with Crippen molar-refractivity contribution in [1.29, 1.82) is 5.26 Å². The average molecular weight is 455 g/mol. The van der Waals surface area contributed by atoms with Crippen LogP contribution in [0, 0.1) is 29.9 Å². The number of hydrogen-bond donors (Lipinski definition) is 1. The fraction of sp³-hybridized carbons (Fsp3) is 0.174. The molecular formula is C23H19F2N3O5. The minimum absolute atomic E-state index is 0.0152. The highest BCUT2D eigenvalue weighted by molar-refractivity contribution is 5.94. The van der Waals surface area contributed by atoms with Crippen LogP contribution in [0.1, 0.15) is 21.5 Å². The molecule has 1 N–H and O–H groups in total. The van der Waals surface area contributed by atoms with Crippen molar-refractivity contribution in [3.63, 3.8) is 0 Å². The molecule has 8 nitrogen and oxygen atoms in total. The van der Waals surface area contributed by atoms with Crippen LogP contribution in [0.25, 0.3) is 0 Å². The molecule has 0 spiro atoms. The Bertz CT molecular complexity index is 1270. The van der Waals surface area contributed by atoms with Crippen LogP contribution < -0.4 is 14.2 Å². The third-order valence-electron chi connectivity index (χ3n) is 4.51. The van der Waals surface area contributed by atoms with Gasteiger partial charge in [0, 0.05) is 37.4 Å². The fourth-order valence-electron chi connectivity index (χ4n) is 2.84. The molecule has 0 radical (unpaired) electrons. The van der Waals surface area contributed by atoms with Crippen molar-refractivity contribution in [3.8, 4) is 40.8 Å². The normalized spacial score (nSPS) is 10.3. The summed E-state index contributed by atoms with van der Waals surface area (Å²) in [4.78, 5) is 17.3. The summed E-state index contributed by atoms with van der Waals surface area (Å²) in [5.74, 6) is -4.44. The van der Waals surface area contributed by atoms with E-state index in [2.05, 4.69) is 4.98 Å². The number of phenolic OH excluding ortho intramolecular Hbond substituents is 1. The number of methoxy groups -OCH3 is 1. The second-order valence-electron chi connectivity index (χ2n) is 7.05. The summed E-state index contributed by atoms with van der Waals surface area (Å²) in [5.41, 5.74) is -0.127. The molecule has 3 rings (SSSR count). The van der Waals surface area contributed by atoms with Crippen molar-refractivity contribution in [1.82, 2.24) is 9.88 Å². The zero-order chi connectivity index (χ0) is 24.3. The summed E-state index contributed by atoms with van der Waals surface area (Å²) in [5, 5.41) is 19.1. The van der Waals surface area contributed by atoms with Crippen molar-refractivity contribution in [2.75, 3.05) is 21.2 Å². The maximum Gasteiger partial charge on any atom is 0.259 e. The Hall–Kier alpha value is -4.39. The van der Waals surface area contributed by atoms with Crippen LogP contribution in [0.15, 0.2) is 36.4 Å². The zero-order valence-corrected chi connectivity index (χ0v) is 18.1. The SMILES string of the molecule is COc1c(O)cc(C#N)cc1Oc1nc(Oc2cccc(C(=O)N(C)C)c2)c(F)c(C)c1F. The quantitative estimate of drug-likeness (QED) is 0.582. The van der Waals surface area contributed by atoms with Crippen LogP contribution >= 0.6 is 0 Å². The molecule has 0 aliphatic rings. The first kappa shape index (κ1) is 23.3. The second kappa shape index (κ2) is 9.40.